The number of carbonyl (C=O) groups excluding carboxylic acids is 1. The number of hydrogen-bond donors (Lipinski definition) is 0. The first-order valence-corrected chi connectivity index (χ1v) is 5.11. The minimum atomic E-state index is 0.190. The lowest BCUT2D eigenvalue weighted by atomic mass is 10.0. The Kier molecular flexibility index (Phi) is 3.72. The predicted molar refractivity (Wildman–Crippen MR) is 53.6 cm³/mol. The molecule has 3 nitrogen and oxygen atoms in total. The monoisotopic (exact) mass is 184 g/mol. The van der Waals surface area contributed by atoms with E-state index in [9.17, 15) is 4.79 Å². The number of hydrogen-bond acceptors (Lipinski definition) is 2. The van der Waals surface area contributed by atoms with Crippen LogP contribution in [0.5, 0.6) is 0 Å². The van der Waals surface area contributed by atoms with Gasteiger partial charge in [-0.05, 0) is 19.4 Å². The predicted octanol–water partition coefficient (Wildman–Crippen LogP) is 0.949. The van der Waals surface area contributed by atoms with Crippen molar-refractivity contribution in [1.82, 2.24) is 9.80 Å². The Labute approximate surface area is 80.7 Å². The van der Waals surface area contributed by atoms with Gasteiger partial charge in [0.05, 0.1) is 0 Å². The molecule has 0 bridgehead atoms. The highest BCUT2D eigenvalue weighted by Gasteiger charge is 2.22. The molecule has 1 aliphatic rings. The van der Waals surface area contributed by atoms with E-state index >= 15 is 0 Å². The van der Waals surface area contributed by atoms with Crippen LogP contribution in [-0.4, -0.2) is 48.4 Å². The summed E-state index contributed by atoms with van der Waals surface area (Å²) in [4.78, 5) is 15.4. The van der Waals surface area contributed by atoms with Gasteiger partial charge < -0.3 is 9.80 Å². The second kappa shape index (κ2) is 4.61. The number of rotatable bonds is 2. The molecule has 0 saturated carbocycles. The van der Waals surface area contributed by atoms with Crippen LogP contribution >= 0.6 is 0 Å². The first kappa shape index (κ1) is 10.5. The van der Waals surface area contributed by atoms with Crippen molar-refractivity contribution in [2.45, 2.75) is 32.7 Å². The highest BCUT2D eigenvalue weighted by molar-refractivity contribution is 5.73. The van der Waals surface area contributed by atoms with Gasteiger partial charge in [-0.25, -0.2) is 0 Å². The van der Waals surface area contributed by atoms with Gasteiger partial charge in [-0.3, -0.25) is 4.79 Å². The van der Waals surface area contributed by atoms with Gasteiger partial charge in [0.1, 0.15) is 0 Å². The molecule has 1 fully saturated rings. The van der Waals surface area contributed by atoms with Gasteiger partial charge >= 0.3 is 0 Å². The molecule has 3 heteroatoms. The molecule has 1 amide bonds. The molecule has 0 unspecified atom stereocenters. The molecule has 0 aromatic heterocycles. The zero-order valence-electron chi connectivity index (χ0n) is 8.92. The van der Waals surface area contributed by atoms with Gasteiger partial charge in [0.15, 0.2) is 0 Å². The highest BCUT2D eigenvalue weighted by Crippen LogP contribution is 2.14. The van der Waals surface area contributed by atoms with Crippen LogP contribution < -0.4 is 0 Å². The summed E-state index contributed by atoms with van der Waals surface area (Å²) in [6.45, 7) is 7.25. The van der Waals surface area contributed by atoms with Crippen molar-refractivity contribution in [3.05, 3.63) is 0 Å². The second-order valence-corrected chi connectivity index (χ2v) is 3.80. The van der Waals surface area contributed by atoms with E-state index in [1.165, 1.54) is 0 Å². The van der Waals surface area contributed by atoms with Gasteiger partial charge in [-0.15, -0.1) is 0 Å². The van der Waals surface area contributed by atoms with E-state index < -0.39 is 0 Å². The van der Waals surface area contributed by atoms with Gasteiger partial charge in [-0.2, -0.15) is 0 Å². The molecule has 1 heterocycles. The summed E-state index contributed by atoms with van der Waals surface area (Å²) in [6, 6.07) is 0.472. The fourth-order valence-corrected chi connectivity index (χ4v) is 1.88. The molecule has 0 aromatic carbocycles. The van der Waals surface area contributed by atoms with Gasteiger partial charge in [-0.1, -0.05) is 6.92 Å². The number of carbonyl (C=O) groups is 1. The van der Waals surface area contributed by atoms with Crippen molar-refractivity contribution in [3.63, 3.8) is 0 Å². The van der Waals surface area contributed by atoms with Crippen molar-refractivity contribution < 1.29 is 4.79 Å². The zero-order valence-corrected chi connectivity index (χ0v) is 8.92. The molecule has 13 heavy (non-hydrogen) atoms. The maximum Gasteiger partial charge on any atom is 0.219 e. The summed E-state index contributed by atoms with van der Waals surface area (Å²) in [7, 11) is 1.91. The Morgan fingerprint density at radius 3 is 2.38 bits per heavy atom. The molecular formula is C10H20N2O. The quantitative estimate of drug-likeness (QED) is 0.638. The van der Waals surface area contributed by atoms with Crippen molar-refractivity contribution in [2.75, 3.05) is 26.7 Å². The summed E-state index contributed by atoms with van der Waals surface area (Å²) >= 11 is 0. The summed E-state index contributed by atoms with van der Waals surface area (Å²) in [5.74, 6) is 0.190. The lowest BCUT2D eigenvalue weighted by molar-refractivity contribution is -0.130. The Hall–Kier alpha value is -0.570. The standard InChI is InChI=1S/C10H20N2O/c1-4-12-7-5-10(6-8-12)11(3)9(2)13/h10H,4-8H2,1-3H3. The third-order valence-corrected chi connectivity index (χ3v) is 3.05. The lowest BCUT2D eigenvalue weighted by Gasteiger charge is -2.35. The van der Waals surface area contributed by atoms with Gasteiger partial charge in [0, 0.05) is 33.1 Å². The third-order valence-electron chi connectivity index (χ3n) is 3.05. The average Bonchev–Trinajstić information content (AvgIpc) is 2.17. The highest BCUT2D eigenvalue weighted by atomic mass is 16.2. The van der Waals surface area contributed by atoms with E-state index in [4.69, 9.17) is 0 Å². The third kappa shape index (κ3) is 2.69. The molecule has 0 spiro atoms. The molecule has 0 aromatic rings. The Bertz CT molecular complexity index is 174. The lowest BCUT2D eigenvalue weighted by Crippen LogP contribution is -2.44. The molecule has 76 valence electrons. The Morgan fingerprint density at radius 1 is 1.46 bits per heavy atom. The van der Waals surface area contributed by atoms with E-state index in [0.29, 0.717) is 6.04 Å². The molecule has 0 atom stereocenters. The molecule has 1 rings (SSSR count). The van der Waals surface area contributed by atoms with E-state index in [-0.39, 0.29) is 5.91 Å². The number of piperidine rings is 1. The fraction of sp³-hybridized carbons (Fsp3) is 0.900. The smallest absolute Gasteiger partial charge is 0.219 e. The van der Waals surface area contributed by atoms with Crippen molar-refractivity contribution >= 4 is 5.91 Å². The topological polar surface area (TPSA) is 23.6 Å². The Morgan fingerprint density at radius 2 is 2.00 bits per heavy atom. The van der Waals surface area contributed by atoms with E-state index in [1.54, 1.807) is 6.92 Å². The van der Waals surface area contributed by atoms with Crippen molar-refractivity contribution in [3.8, 4) is 0 Å². The number of nitrogens with zero attached hydrogens (tertiary/aromatic N) is 2. The van der Waals surface area contributed by atoms with Crippen LogP contribution in [0.1, 0.15) is 26.7 Å². The van der Waals surface area contributed by atoms with Crippen LogP contribution in [0.25, 0.3) is 0 Å². The van der Waals surface area contributed by atoms with Crippen LogP contribution in [0.4, 0.5) is 0 Å². The number of likely N-dealkylation sites (tertiary alicyclic amines) is 1. The van der Waals surface area contributed by atoms with Crippen LogP contribution in [0.3, 0.4) is 0 Å². The van der Waals surface area contributed by atoms with Gasteiger partial charge in [0.2, 0.25) is 5.91 Å². The maximum absolute atomic E-state index is 11.1. The normalized spacial score (nSPS) is 20.2. The minimum absolute atomic E-state index is 0.190. The summed E-state index contributed by atoms with van der Waals surface area (Å²) in [6.07, 6.45) is 2.26. The maximum atomic E-state index is 11.1. The van der Waals surface area contributed by atoms with Crippen LogP contribution in [0, 0.1) is 0 Å². The summed E-state index contributed by atoms with van der Waals surface area (Å²) < 4.78 is 0. The fourth-order valence-electron chi connectivity index (χ4n) is 1.88. The largest absolute Gasteiger partial charge is 0.343 e. The summed E-state index contributed by atoms with van der Waals surface area (Å²) in [5.41, 5.74) is 0. The first-order chi connectivity index (χ1) is 6.15. The molecule has 0 aliphatic carbocycles. The Balaban J connectivity index is 2.36. The van der Waals surface area contributed by atoms with E-state index in [2.05, 4.69) is 11.8 Å². The van der Waals surface area contributed by atoms with E-state index in [0.717, 1.165) is 32.5 Å². The second-order valence-electron chi connectivity index (χ2n) is 3.80. The molecule has 1 saturated heterocycles. The minimum Gasteiger partial charge on any atom is -0.343 e. The first-order valence-electron chi connectivity index (χ1n) is 5.11. The summed E-state index contributed by atoms with van der Waals surface area (Å²) in [5, 5.41) is 0. The van der Waals surface area contributed by atoms with Crippen molar-refractivity contribution in [1.29, 1.82) is 0 Å². The molecule has 0 radical (unpaired) electrons. The van der Waals surface area contributed by atoms with Crippen LogP contribution in [0.2, 0.25) is 0 Å². The van der Waals surface area contributed by atoms with Crippen LogP contribution in [-0.2, 0) is 4.79 Å². The van der Waals surface area contributed by atoms with Gasteiger partial charge in [0.25, 0.3) is 0 Å². The molecular weight excluding hydrogens is 164 g/mol. The van der Waals surface area contributed by atoms with E-state index in [1.807, 2.05) is 11.9 Å². The van der Waals surface area contributed by atoms with Crippen molar-refractivity contribution in [2.24, 2.45) is 0 Å². The molecule has 1 aliphatic heterocycles. The zero-order chi connectivity index (χ0) is 9.84. The molecule has 0 N–H and O–H groups in total. The number of amides is 1. The average molecular weight is 184 g/mol. The SMILES string of the molecule is CCN1CCC(N(C)C(C)=O)CC1. The van der Waals surface area contributed by atoms with Crippen LogP contribution in [0.15, 0.2) is 0 Å².